The maximum Gasteiger partial charge on any atom is 0.0507 e. The van der Waals surface area contributed by atoms with Crippen LogP contribution in [0, 0.1) is 17.3 Å². The maximum absolute atomic E-state index is 5.74. The van der Waals surface area contributed by atoms with Crippen molar-refractivity contribution < 1.29 is 4.74 Å². The zero-order valence-corrected chi connectivity index (χ0v) is 12.2. The highest BCUT2D eigenvalue weighted by atomic mass is 127. The summed E-state index contributed by atoms with van der Waals surface area (Å²) in [6.45, 7) is 13.5. The van der Waals surface area contributed by atoms with Crippen LogP contribution in [0.1, 0.15) is 41.0 Å². The molecule has 1 saturated heterocycles. The highest BCUT2D eigenvalue weighted by Gasteiger charge is 2.36. The van der Waals surface area contributed by atoms with Crippen molar-refractivity contribution >= 4 is 22.6 Å². The number of hydrogen-bond donors (Lipinski definition) is 0. The van der Waals surface area contributed by atoms with Crippen LogP contribution in [-0.4, -0.2) is 16.6 Å². The van der Waals surface area contributed by atoms with Crippen LogP contribution in [0.25, 0.3) is 0 Å². The van der Waals surface area contributed by atoms with Gasteiger partial charge in [-0.05, 0) is 23.7 Å². The topological polar surface area (TPSA) is 9.23 Å². The molecule has 0 aliphatic carbocycles. The molecule has 2 unspecified atom stereocenters. The lowest BCUT2D eigenvalue weighted by atomic mass is 9.73. The third-order valence-corrected chi connectivity index (χ3v) is 4.28. The summed E-state index contributed by atoms with van der Waals surface area (Å²) in [5.41, 5.74) is 0.389. The van der Waals surface area contributed by atoms with Crippen molar-refractivity contribution in [3.8, 4) is 0 Å². The van der Waals surface area contributed by atoms with E-state index in [1.807, 2.05) is 0 Å². The van der Waals surface area contributed by atoms with E-state index in [9.17, 15) is 0 Å². The molecule has 0 aromatic rings. The van der Waals surface area contributed by atoms with E-state index in [0.717, 1.165) is 19.1 Å². The zero-order chi connectivity index (χ0) is 11.0. The molecule has 0 aromatic carbocycles. The van der Waals surface area contributed by atoms with Crippen LogP contribution in [0.3, 0.4) is 0 Å². The van der Waals surface area contributed by atoms with E-state index in [0.29, 0.717) is 14.8 Å². The minimum Gasteiger partial charge on any atom is -0.381 e. The van der Waals surface area contributed by atoms with Crippen molar-refractivity contribution in [1.82, 2.24) is 0 Å². The monoisotopic (exact) mass is 310 g/mol. The van der Waals surface area contributed by atoms with Crippen LogP contribution in [0.2, 0.25) is 0 Å². The minimum absolute atomic E-state index is 0.363. The van der Waals surface area contributed by atoms with Crippen molar-refractivity contribution in [1.29, 1.82) is 0 Å². The average molecular weight is 310 g/mol. The molecule has 1 heterocycles. The van der Waals surface area contributed by atoms with E-state index >= 15 is 0 Å². The lowest BCUT2D eigenvalue weighted by Gasteiger charge is -2.41. The zero-order valence-electron chi connectivity index (χ0n) is 10.1. The number of ether oxygens (including phenoxy) is 1. The molecule has 84 valence electrons. The first-order valence-electron chi connectivity index (χ1n) is 5.48. The van der Waals surface area contributed by atoms with E-state index in [-0.39, 0.29) is 0 Å². The Labute approximate surface area is 102 Å². The Balaban J connectivity index is 2.61. The summed E-state index contributed by atoms with van der Waals surface area (Å²) < 4.78 is 6.11. The van der Waals surface area contributed by atoms with Gasteiger partial charge >= 0.3 is 0 Å². The number of hydrogen-bond acceptors (Lipinski definition) is 1. The molecule has 0 aromatic heterocycles. The molecule has 0 spiro atoms. The first-order chi connectivity index (χ1) is 6.21. The Morgan fingerprint density at radius 3 is 1.93 bits per heavy atom. The van der Waals surface area contributed by atoms with Crippen LogP contribution in [-0.2, 0) is 4.74 Å². The first-order valence-corrected chi connectivity index (χ1v) is 6.56. The predicted octanol–water partition coefficient (Wildman–Crippen LogP) is 3.90. The quantitative estimate of drug-likeness (QED) is 0.527. The van der Waals surface area contributed by atoms with Gasteiger partial charge in [0.25, 0.3) is 0 Å². The van der Waals surface area contributed by atoms with E-state index in [1.54, 1.807) is 0 Å². The van der Waals surface area contributed by atoms with Crippen LogP contribution in [0.5, 0.6) is 0 Å². The second-order valence-corrected chi connectivity index (χ2v) is 8.88. The number of rotatable bonds is 1. The van der Waals surface area contributed by atoms with Crippen LogP contribution < -0.4 is 0 Å². The fourth-order valence-electron chi connectivity index (χ4n) is 1.91. The summed E-state index contributed by atoms with van der Waals surface area (Å²) in [5.74, 6) is 1.43. The normalized spacial score (nSPS) is 30.4. The second-order valence-electron chi connectivity index (χ2n) is 6.10. The van der Waals surface area contributed by atoms with Gasteiger partial charge in [-0.3, -0.25) is 0 Å². The Hall–Kier alpha value is 0.690. The van der Waals surface area contributed by atoms with Gasteiger partial charge < -0.3 is 4.74 Å². The maximum atomic E-state index is 5.74. The Morgan fingerprint density at radius 1 is 1.00 bits per heavy atom. The Morgan fingerprint density at radius 2 is 1.50 bits per heavy atom. The summed E-state index contributed by atoms with van der Waals surface area (Å²) in [5, 5.41) is 0. The molecule has 1 nitrogen and oxygen atoms in total. The fourth-order valence-corrected chi connectivity index (χ4v) is 2.35. The summed E-state index contributed by atoms with van der Waals surface area (Å²) in [7, 11) is 0. The van der Waals surface area contributed by atoms with Crippen molar-refractivity contribution in [2.75, 3.05) is 13.2 Å². The van der Waals surface area contributed by atoms with Gasteiger partial charge in [-0.1, -0.05) is 57.2 Å². The first kappa shape index (κ1) is 12.8. The van der Waals surface area contributed by atoms with Crippen molar-refractivity contribution in [2.24, 2.45) is 17.3 Å². The van der Waals surface area contributed by atoms with E-state index in [4.69, 9.17) is 4.74 Å². The molecule has 0 amide bonds. The molecule has 14 heavy (non-hydrogen) atoms. The Bertz CT molecular complexity index is 167. The van der Waals surface area contributed by atoms with E-state index in [1.165, 1.54) is 6.42 Å². The van der Waals surface area contributed by atoms with Gasteiger partial charge in [0.1, 0.15) is 0 Å². The largest absolute Gasteiger partial charge is 0.381 e. The van der Waals surface area contributed by atoms with Gasteiger partial charge in [-0.2, -0.15) is 0 Å². The van der Waals surface area contributed by atoms with Gasteiger partial charge in [-0.25, -0.2) is 0 Å². The molecule has 1 aliphatic heterocycles. The molecular weight excluding hydrogens is 287 g/mol. The molecule has 2 heteroatoms. The van der Waals surface area contributed by atoms with Gasteiger partial charge in [0.15, 0.2) is 0 Å². The average Bonchev–Trinajstić information content (AvgIpc) is 2.01. The van der Waals surface area contributed by atoms with Crippen molar-refractivity contribution in [3.63, 3.8) is 0 Å². The van der Waals surface area contributed by atoms with Crippen LogP contribution in [0.4, 0.5) is 0 Å². The smallest absolute Gasteiger partial charge is 0.0507 e. The third-order valence-electron chi connectivity index (χ3n) is 3.40. The van der Waals surface area contributed by atoms with Gasteiger partial charge in [0.05, 0.1) is 6.61 Å². The summed E-state index contributed by atoms with van der Waals surface area (Å²) in [6.07, 6.45) is 1.32. The SMILES string of the molecule is CC(C)(C)C1COCC(C(C)(C)I)C1. The molecule has 0 saturated carbocycles. The highest BCUT2D eigenvalue weighted by molar-refractivity contribution is 14.1. The molecule has 1 fully saturated rings. The molecule has 1 rings (SSSR count). The summed E-state index contributed by atoms with van der Waals surface area (Å²) in [4.78, 5) is 0. The lowest BCUT2D eigenvalue weighted by Crippen LogP contribution is -2.40. The standard InChI is InChI=1S/C12H23IO/c1-11(2,3)9-6-10(8-14-7-9)12(4,5)13/h9-10H,6-8H2,1-5H3. The van der Waals surface area contributed by atoms with Gasteiger partial charge in [-0.15, -0.1) is 0 Å². The van der Waals surface area contributed by atoms with E-state index in [2.05, 4.69) is 57.2 Å². The third kappa shape index (κ3) is 3.37. The second kappa shape index (κ2) is 4.28. The Kier molecular flexibility index (Phi) is 3.90. The molecular formula is C12H23IO. The van der Waals surface area contributed by atoms with Crippen molar-refractivity contribution in [2.45, 2.75) is 44.5 Å². The fraction of sp³-hybridized carbons (Fsp3) is 1.00. The molecule has 1 aliphatic rings. The highest BCUT2D eigenvalue weighted by Crippen LogP contribution is 2.40. The van der Waals surface area contributed by atoms with Crippen LogP contribution >= 0.6 is 22.6 Å². The molecule has 0 radical (unpaired) electrons. The lowest BCUT2D eigenvalue weighted by molar-refractivity contribution is -0.0294. The molecule has 0 N–H and O–H groups in total. The molecule has 0 bridgehead atoms. The van der Waals surface area contributed by atoms with Crippen LogP contribution in [0.15, 0.2) is 0 Å². The van der Waals surface area contributed by atoms with Gasteiger partial charge in [0.2, 0.25) is 0 Å². The predicted molar refractivity (Wildman–Crippen MR) is 70.0 cm³/mol. The van der Waals surface area contributed by atoms with E-state index < -0.39 is 0 Å². The van der Waals surface area contributed by atoms with Gasteiger partial charge in [0, 0.05) is 10.0 Å². The minimum atomic E-state index is 0.363. The number of alkyl halides is 1. The molecule has 2 atom stereocenters. The van der Waals surface area contributed by atoms with Crippen molar-refractivity contribution in [3.05, 3.63) is 0 Å². The summed E-state index contributed by atoms with van der Waals surface area (Å²) in [6, 6.07) is 0. The number of halogens is 1. The summed E-state index contributed by atoms with van der Waals surface area (Å²) >= 11 is 2.55.